The van der Waals surface area contributed by atoms with Crippen molar-refractivity contribution >= 4 is 22.7 Å². The lowest BCUT2D eigenvalue weighted by Gasteiger charge is -2.32. The van der Waals surface area contributed by atoms with E-state index in [-0.39, 0.29) is 17.7 Å². The number of hydrogen-bond donors (Lipinski definition) is 1. The van der Waals surface area contributed by atoms with E-state index in [1.165, 1.54) is 5.56 Å². The predicted molar refractivity (Wildman–Crippen MR) is 99.6 cm³/mol. The number of benzene rings is 1. The molecule has 4 rings (SSSR count). The second-order valence-corrected chi connectivity index (χ2v) is 7.64. The topological polar surface area (TPSA) is 67.2 Å². The molecule has 1 aromatic heterocycles. The summed E-state index contributed by atoms with van der Waals surface area (Å²) in [6.45, 7) is 3.94. The molecule has 1 saturated heterocycles. The first kappa shape index (κ1) is 17.1. The smallest absolute Gasteiger partial charge is 0.225 e. The molecule has 6 nitrogen and oxygen atoms in total. The molecule has 1 aromatic carbocycles. The molecule has 2 heterocycles. The van der Waals surface area contributed by atoms with Crippen molar-refractivity contribution in [2.75, 3.05) is 13.1 Å². The first-order valence-electron chi connectivity index (χ1n) is 9.60. The summed E-state index contributed by atoms with van der Waals surface area (Å²) >= 11 is 0. The lowest BCUT2D eigenvalue weighted by Crippen LogP contribution is -2.46. The van der Waals surface area contributed by atoms with Crippen LogP contribution >= 0.6 is 0 Å². The molecular formula is C20H26N4O2. The standard InChI is InChI=1S/C20H26N4O2/c1-14-4-5-15-12-21-24(18(15)11-14)10-8-19(25)23-9-2-3-16(13-23)20(26)22-17-6-7-17/h4-5,11-12,16-17H,2-3,6-10,13H2,1H3,(H,22,26)/t16-/m1/s1. The molecule has 2 fully saturated rings. The zero-order valence-corrected chi connectivity index (χ0v) is 15.3. The molecule has 0 radical (unpaired) electrons. The van der Waals surface area contributed by atoms with Crippen LogP contribution in [0, 0.1) is 12.8 Å². The first-order valence-corrected chi connectivity index (χ1v) is 9.60. The summed E-state index contributed by atoms with van der Waals surface area (Å²) in [6, 6.07) is 6.61. The summed E-state index contributed by atoms with van der Waals surface area (Å²) < 4.78 is 1.90. The van der Waals surface area contributed by atoms with Crippen molar-refractivity contribution < 1.29 is 9.59 Å². The third-order valence-electron chi connectivity index (χ3n) is 5.41. The van der Waals surface area contributed by atoms with Gasteiger partial charge in [0.25, 0.3) is 0 Å². The Balaban J connectivity index is 1.34. The molecule has 1 aliphatic heterocycles. The van der Waals surface area contributed by atoms with Gasteiger partial charge in [0.15, 0.2) is 0 Å². The predicted octanol–water partition coefficient (Wildman–Crippen LogP) is 2.25. The molecule has 138 valence electrons. The van der Waals surface area contributed by atoms with E-state index in [2.05, 4.69) is 35.5 Å². The first-order chi connectivity index (χ1) is 12.6. The highest BCUT2D eigenvalue weighted by Crippen LogP contribution is 2.23. The fraction of sp³-hybridized carbons (Fsp3) is 0.550. The number of hydrogen-bond acceptors (Lipinski definition) is 3. The van der Waals surface area contributed by atoms with Gasteiger partial charge < -0.3 is 10.2 Å². The third-order valence-corrected chi connectivity index (χ3v) is 5.41. The molecule has 26 heavy (non-hydrogen) atoms. The molecule has 2 amide bonds. The van der Waals surface area contributed by atoms with Crippen LogP contribution in [0.3, 0.4) is 0 Å². The van der Waals surface area contributed by atoms with E-state index in [4.69, 9.17) is 0 Å². The van der Waals surface area contributed by atoms with Gasteiger partial charge in [-0.15, -0.1) is 0 Å². The molecule has 2 aliphatic rings. The van der Waals surface area contributed by atoms with Gasteiger partial charge in [-0.25, -0.2) is 0 Å². The minimum atomic E-state index is -0.0542. The van der Waals surface area contributed by atoms with E-state index in [9.17, 15) is 9.59 Å². The van der Waals surface area contributed by atoms with Crippen LogP contribution in [0.4, 0.5) is 0 Å². The maximum atomic E-state index is 12.7. The lowest BCUT2D eigenvalue weighted by atomic mass is 9.97. The highest BCUT2D eigenvalue weighted by atomic mass is 16.2. The SMILES string of the molecule is Cc1ccc2cnn(CCC(=O)N3CCC[C@@H](C(=O)NC4CC4)C3)c2c1. The number of nitrogens with one attached hydrogen (secondary N) is 1. The number of piperidine rings is 1. The van der Waals surface area contributed by atoms with Crippen molar-refractivity contribution in [2.24, 2.45) is 5.92 Å². The van der Waals surface area contributed by atoms with E-state index in [0.717, 1.165) is 43.1 Å². The van der Waals surface area contributed by atoms with Crippen LogP contribution in [0.1, 0.15) is 37.7 Å². The molecule has 1 N–H and O–H groups in total. The fourth-order valence-electron chi connectivity index (χ4n) is 3.68. The van der Waals surface area contributed by atoms with E-state index in [0.29, 0.717) is 25.6 Å². The largest absolute Gasteiger partial charge is 0.353 e. The van der Waals surface area contributed by atoms with Crippen molar-refractivity contribution in [1.82, 2.24) is 20.0 Å². The summed E-state index contributed by atoms with van der Waals surface area (Å²) in [5.41, 5.74) is 2.25. The number of amides is 2. The van der Waals surface area contributed by atoms with Crippen LogP contribution in [-0.2, 0) is 16.1 Å². The van der Waals surface area contributed by atoms with Gasteiger partial charge in [0, 0.05) is 30.9 Å². The summed E-state index contributed by atoms with van der Waals surface area (Å²) in [7, 11) is 0. The molecule has 0 spiro atoms. The number of carbonyl (C=O) groups is 2. The van der Waals surface area contributed by atoms with Crippen molar-refractivity contribution in [1.29, 1.82) is 0 Å². The Bertz CT molecular complexity index is 824. The quantitative estimate of drug-likeness (QED) is 0.895. The Kier molecular flexibility index (Phi) is 4.66. The van der Waals surface area contributed by atoms with Crippen molar-refractivity contribution in [3.8, 4) is 0 Å². The molecule has 0 bridgehead atoms. The Labute approximate surface area is 153 Å². The minimum Gasteiger partial charge on any atom is -0.353 e. The van der Waals surface area contributed by atoms with Gasteiger partial charge in [-0.3, -0.25) is 14.3 Å². The zero-order valence-electron chi connectivity index (χ0n) is 15.3. The van der Waals surface area contributed by atoms with Crippen molar-refractivity contribution in [3.05, 3.63) is 30.0 Å². The molecule has 1 atom stereocenters. The Morgan fingerprint density at radius 2 is 2.12 bits per heavy atom. The zero-order chi connectivity index (χ0) is 18.1. The van der Waals surface area contributed by atoms with E-state index in [1.807, 2.05) is 15.8 Å². The average molecular weight is 354 g/mol. The van der Waals surface area contributed by atoms with Crippen molar-refractivity contribution in [3.63, 3.8) is 0 Å². The summed E-state index contributed by atoms with van der Waals surface area (Å²) in [6.07, 6.45) is 6.24. The minimum absolute atomic E-state index is 0.0542. The number of aryl methyl sites for hydroxylation is 2. The molecular weight excluding hydrogens is 328 g/mol. The van der Waals surface area contributed by atoms with Crippen LogP contribution in [0.5, 0.6) is 0 Å². The van der Waals surface area contributed by atoms with E-state index in [1.54, 1.807) is 0 Å². The van der Waals surface area contributed by atoms with Gasteiger partial charge in [-0.1, -0.05) is 12.1 Å². The van der Waals surface area contributed by atoms with Crippen LogP contribution in [0.15, 0.2) is 24.4 Å². The van der Waals surface area contributed by atoms with Gasteiger partial charge in [0.1, 0.15) is 0 Å². The lowest BCUT2D eigenvalue weighted by molar-refractivity contribution is -0.136. The molecule has 0 unspecified atom stereocenters. The van der Waals surface area contributed by atoms with Crippen LogP contribution in [0.25, 0.3) is 10.9 Å². The van der Waals surface area contributed by atoms with Crippen LogP contribution in [-0.4, -0.2) is 45.6 Å². The molecule has 1 aliphatic carbocycles. The maximum Gasteiger partial charge on any atom is 0.225 e. The average Bonchev–Trinajstić information content (AvgIpc) is 3.38. The fourth-order valence-corrected chi connectivity index (χ4v) is 3.68. The van der Waals surface area contributed by atoms with Gasteiger partial charge in [-0.05, 0) is 44.2 Å². The Morgan fingerprint density at radius 1 is 1.27 bits per heavy atom. The Hall–Kier alpha value is -2.37. The number of carbonyl (C=O) groups excluding carboxylic acids is 2. The second kappa shape index (κ2) is 7.09. The molecule has 1 saturated carbocycles. The molecule has 2 aromatic rings. The monoisotopic (exact) mass is 354 g/mol. The van der Waals surface area contributed by atoms with Crippen molar-refractivity contribution in [2.45, 2.75) is 51.6 Å². The van der Waals surface area contributed by atoms with Crippen LogP contribution in [0.2, 0.25) is 0 Å². The third kappa shape index (κ3) is 3.74. The number of nitrogens with zero attached hydrogens (tertiary/aromatic N) is 3. The maximum absolute atomic E-state index is 12.7. The van der Waals surface area contributed by atoms with Gasteiger partial charge in [0.05, 0.1) is 24.2 Å². The normalized spacial score (nSPS) is 20.3. The second-order valence-electron chi connectivity index (χ2n) is 7.64. The summed E-state index contributed by atoms with van der Waals surface area (Å²) in [4.78, 5) is 26.8. The Morgan fingerprint density at radius 3 is 2.92 bits per heavy atom. The van der Waals surface area contributed by atoms with Gasteiger partial charge in [-0.2, -0.15) is 5.10 Å². The number of aromatic nitrogens is 2. The van der Waals surface area contributed by atoms with Crippen LogP contribution < -0.4 is 5.32 Å². The highest BCUT2D eigenvalue weighted by molar-refractivity contribution is 5.82. The number of likely N-dealkylation sites (tertiary alicyclic amines) is 1. The summed E-state index contributed by atoms with van der Waals surface area (Å²) in [5, 5.41) is 8.59. The van der Waals surface area contributed by atoms with E-state index >= 15 is 0 Å². The number of rotatable bonds is 5. The van der Waals surface area contributed by atoms with Gasteiger partial charge in [0.2, 0.25) is 11.8 Å². The van der Waals surface area contributed by atoms with Gasteiger partial charge >= 0.3 is 0 Å². The number of fused-ring (bicyclic) bond motifs is 1. The highest BCUT2D eigenvalue weighted by Gasteiger charge is 2.31. The van der Waals surface area contributed by atoms with E-state index < -0.39 is 0 Å². The summed E-state index contributed by atoms with van der Waals surface area (Å²) in [5.74, 6) is 0.185. The molecule has 6 heteroatoms.